The summed E-state index contributed by atoms with van der Waals surface area (Å²) >= 11 is 12.0. The first-order valence-electron chi connectivity index (χ1n) is 8.22. The molecular formula is C19H14Cl2N4O2. The Kier molecular flexibility index (Phi) is 4.59. The molecule has 0 radical (unpaired) electrons. The zero-order chi connectivity index (χ0) is 19.0. The number of carbonyl (C=O) groups is 2. The largest absolute Gasteiger partial charge is 0.323 e. The van der Waals surface area contributed by atoms with E-state index in [9.17, 15) is 9.59 Å². The minimum absolute atomic E-state index is 0.00890. The van der Waals surface area contributed by atoms with Gasteiger partial charge in [-0.1, -0.05) is 47.5 Å². The van der Waals surface area contributed by atoms with Crippen LogP contribution < -0.4 is 10.6 Å². The molecule has 0 unspecified atom stereocenters. The first-order valence-corrected chi connectivity index (χ1v) is 8.97. The van der Waals surface area contributed by atoms with Crippen LogP contribution in [0, 0.1) is 0 Å². The van der Waals surface area contributed by atoms with E-state index in [4.69, 9.17) is 23.2 Å². The summed E-state index contributed by atoms with van der Waals surface area (Å²) in [6.07, 6.45) is -0.00890. The van der Waals surface area contributed by atoms with Crippen molar-refractivity contribution < 1.29 is 9.59 Å². The molecule has 0 aliphatic carbocycles. The number of aromatic nitrogens is 2. The highest BCUT2D eigenvalue weighted by Gasteiger charge is 2.32. The summed E-state index contributed by atoms with van der Waals surface area (Å²) in [5.41, 5.74) is 1.96. The van der Waals surface area contributed by atoms with Crippen LogP contribution in [0.1, 0.15) is 12.5 Å². The maximum atomic E-state index is 12.8. The third-order valence-electron chi connectivity index (χ3n) is 4.25. The normalized spacial score (nSPS) is 15.8. The minimum Gasteiger partial charge on any atom is -0.323 e. The van der Waals surface area contributed by atoms with Crippen LogP contribution in [0.3, 0.4) is 0 Å². The molecular weight excluding hydrogens is 387 g/mol. The first-order chi connectivity index (χ1) is 13.0. The van der Waals surface area contributed by atoms with Gasteiger partial charge in [0.15, 0.2) is 0 Å². The van der Waals surface area contributed by atoms with Gasteiger partial charge in [0.2, 0.25) is 11.8 Å². The molecule has 6 nitrogen and oxygen atoms in total. The highest BCUT2D eigenvalue weighted by molar-refractivity contribution is 6.33. The molecule has 27 heavy (non-hydrogen) atoms. The van der Waals surface area contributed by atoms with E-state index in [1.54, 1.807) is 42.5 Å². The van der Waals surface area contributed by atoms with Crippen LogP contribution in [0.25, 0.3) is 11.3 Å². The van der Waals surface area contributed by atoms with Gasteiger partial charge >= 0.3 is 0 Å². The van der Waals surface area contributed by atoms with Gasteiger partial charge in [-0.3, -0.25) is 9.59 Å². The van der Waals surface area contributed by atoms with E-state index in [2.05, 4.69) is 15.7 Å². The van der Waals surface area contributed by atoms with Crippen molar-refractivity contribution in [3.8, 4) is 11.3 Å². The summed E-state index contributed by atoms with van der Waals surface area (Å²) in [6.45, 7) is 0. The average molecular weight is 401 g/mol. The number of rotatable bonds is 3. The molecule has 2 amide bonds. The Labute approximate surface area is 165 Å². The van der Waals surface area contributed by atoms with Crippen molar-refractivity contribution in [3.63, 3.8) is 0 Å². The molecule has 2 aromatic carbocycles. The molecule has 0 fully saturated rings. The fourth-order valence-electron chi connectivity index (χ4n) is 2.93. The molecule has 2 N–H and O–H groups in total. The zero-order valence-electron chi connectivity index (χ0n) is 13.9. The standard InChI is InChI=1S/C19H14Cl2N4O2/c20-12-7-5-11(6-8-12)15-9-17-23-18(26)10-16(25(17)24-15)19(27)22-14-4-2-1-3-13(14)21/h1-9,16H,10H2,(H,22,27)(H,23,26)/t16-/m1/s1. The van der Waals surface area contributed by atoms with Gasteiger partial charge in [-0.2, -0.15) is 5.10 Å². The lowest BCUT2D eigenvalue weighted by molar-refractivity contribution is -0.125. The molecule has 136 valence electrons. The second kappa shape index (κ2) is 7.06. The molecule has 1 aliphatic rings. The van der Waals surface area contributed by atoms with Crippen molar-refractivity contribution in [2.45, 2.75) is 12.5 Å². The van der Waals surface area contributed by atoms with Crippen molar-refractivity contribution in [3.05, 3.63) is 64.6 Å². The first kappa shape index (κ1) is 17.6. The summed E-state index contributed by atoms with van der Waals surface area (Å²) in [4.78, 5) is 24.9. The number of hydrogen-bond donors (Lipinski definition) is 2. The van der Waals surface area contributed by atoms with Gasteiger partial charge < -0.3 is 10.6 Å². The third kappa shape index (κ3) is 3.54. The molecule has 1 atom stereocenters. The summed E-state index contributed by atoms with van der Waals surface area (Å²) in [5.74, 6) is -0.134. The van der Waals surface area contributed by atoms with Crippen molar-refractivity contribution in [1.29, 1.82) is 0 Å². The van der Waals surface area contributed by atoms with E-state index in [-0.39, 0.29) is 18.2 Å². The van der Waals surface area contributed by atoms with Crippen LogP contribution in [-0.2, 0) is 9.59 Å². The molecule has 0 bridgehead atoms. The zero-order valence-corrected chi connectivity index (χ0v) is 15.5. The van der Waals surface area contributed by atoms with Gasteiger partial charge in [-0.05, 0) is 24.3 Å². The number of amides is 2. The lowest BCUT2D eigenvalue weighted by Gasteiger charge is -2.23. The summed E-state index contributed by atoms with van der Waals surface area (Å²) in [6, 6.07) is 15.1. The van der Waals surface area contributed by atoms with E-state index >= 15 is 0 Å². The molecule has 3 aromatic rings. The number of halogens is 2. The van der Waals surface area contributed by atoms with Crippen LogP contribution in [0.4, 0.5) is 11.5 Å². The number of fused-ring (bicyclic) bond motifs is 1. The van der Waals surface area contributed by atoms with Gasteiger partial charge in [-0.25, -0.2) is 4.68 Å². The number of nitrogens with zero attached hydrogens (tertiary/aromatic N) is 2. The van der Waals surface area contributed by atoms with Gasteiger partial charge in [-0.15, -0.1) is 0 Å². The van der Waals surface area contributed by atoms with Crippen LogP contribution >= 0.6 is 23.2 Å². The molecule has 2 heterocycles. The fraction of sp³-hybridized carbons (Fsp3) is 0.105. The van der Waals surface area contributed by atoms with Crippen molar-refractivity contribution in [1.82, 2.24) is 9.78 Å². The second-order valence-corrected chi connectivity index (χ2v) is 6.95. The maximum Gasteiger partial charge on any atom is 0.249 e. The number of benzene rings is 2. The van der Waals surface area contributed by atoms with Crippen molar-refractivity contribution in [2.24, 2.45) is 0 Å². The summed E-state index contributed by atoms with van der Waals surface area (Å²) < 4.78 is 1.53. The van der Waals surface area contributed by atoms with Crippen LogP contribution in [-0.4, -0.2) is 21.6 Å². The topological polar surface area (TPSA) is 76.0 Å². The lowest BCUT2D eigenvalue weighted by atomic mass is 10.1. The highest BCUT2D eigenvalue weighted by atomic mass is 35.5. The van der Waals surface area contributed by atoms with E-state index in [1.807, 2.05) is 12.1 Å². The molecule has 4 rings (SSSR count). The molecule has 8 heteroatoms. The number of nitrogens with one attached hydrogen (secondary N) is 2. The molecule has 0 spiro atoms. The van der Waals surface area contributed by atoms with Crippen LogP contribution in [0.2, 0.25) is 10.0 Å². The van der Waals surface area contributed by atoms with E-state index < -0.39 is 6.04 Å². The summed E-state index contributed by atoms with van der Waals surface area (Å²) in [7, 11) is 0. The molecule has 0 saturated carbocycles. The fourth-order valence-corrected chi connectivity index (χ4v) is 3.23. The third-order valence-corrected chi connectivity index (χ3v) is 4.83. The Morgan fingerprint density at radius 1 is 1.15 bits per heavy atom. The minimum atomic E-state index is -0.772. The SMILES string of the molecule is O=C1C[C@H](C(=O)Nc2ccccc2Cl)n2nc(-c3ccc(Cl)cc3)cc2N1. The monoisotopic (exact) mass is 400 g/mol. The Morgan fingerprint density at radius 3 is 2.63 bits per heavy atom. The Hall–Kier alpha value is -2.83. The van der Waals surface area contributed by atoms with E-state index in [0.717, 1.165) is 5.56 Å². The average Bonchev–Trinajstić information content (AvgIpc) is 3.07. The smallest absolute Gasteiger partial charge is 0.249 e. The van der Waals surface area contributed by atoms with Crippen LogP contribution in [0.5, 0.6) is 0 Å². The highest BCUT2D eigenvalue weighted by Crippen LogP contribution is 2.31. The predicted octanol–water partition coefficient (Wildman–Crippen LogP) is 4.38. The number of anilines is 2. The molecule has 1 aliphatic heterocycles. The van der Waals surface area contributed by atoms with Crippen molar-refractivity contribution >= 4 is 46.5 Å². The van der Waals surface area contributed by atoms with Gasteiger partial charge in [0.25, 0.3) is 0 Å². The van der Waals surface area contributed by atoms with Crippen LogP contribution in [0.15, 0.2) is 54.6 Å². The Bertz CT molecular complexity index is 1030. The van der Waals surface area contributed by atoms with Gasteiger partial charge in [0.05, 0.1) is 22.8 Å². The predicted molar refractivity (Wildman–Crippen MR) is 105 cm³/mol. The van der Waals surface area contributed by atoms with Crippen molar-refractivity contribution in [2.75, 3.05) is 10.6 Å². The number of hydrogen-bond acceptors (Lipinski definition) is 3. The molecule has 0 saturated heterocycles. The summed E-state index contributed by atoms with van der Waals surface area (Å²) in [5, 5.41) is 11.1. The Morgan fingerprint density at radius 2 is 1.89 bits per heavy atom. The number of carbonyl (C=O) groups excluding carboxylic acids is 2. The lowest BCUT2D eigenvalue weighted by Crippen LogP contribution is -2.35. The second-order valence-electron chi connectivity index (χ2n) is 6.10. The maximum absolute atomic E-state index is 12.8. The van der Waals surface area contributed by atoms with Gasteiger partial charge in [0, 0.05) is 16.7 Å². The quantitative estimate of drug-likeness (QED) is 0.684. The van der Waals surface area contributed by atoms with E-state index in [0.29, 0.717) is 27.2 Å². The Balaban J connectivity index is 1.66. The van der Waals surface area contributed by atoms with Gasteiger partial charge in [0.1, 0.15) is 11.9 Å². The van der Waals surface area contributed by atoms with E-state index in [1.165, 1.54) is 4.68 Å². The number of para-hydroxylation sites is 1. The molecule has 1 aromatic heterocycles.